The number of allylic oxidation sites excluding steroid dienone is 10. The lowest BCUT2D eigenvalue weighted by Gasteiger charge is -2.32. The quantitative estimate of drug-likeness (QED) is 0.620. The second-order valence-corrected chi connectivity index (χ2v) is 7.00. The number of nitrogens with two attached hydrogens (primary N) is 1. The van der Waals surface area contributed by atoms with E-state index in [-0.39, 0.29) is 0 Å². The van der Waals surface area contributed by atoms with E-state index in [2.05, 4.69) is 58.6 Å². The van der Waals surface area contributed by atoms with Crippen LogP contribution in [-0.2, 0) is 0 Å². The molecule has 1 heteroatoms. The Bertz CT molecular complexity index is 563. The van der Waals surface area contributed by atoms with E-state index >= 15 is 0 Å². The smallest absolute Gasteiger partial charge is 0.0243 e. The maximum absolute atomic E-state index is 5.56. The Morgan fingerprint density at radius 2 is 1.86 bits per heavy atom. The van der Waals surface area contributed by atoms with Crippen molar-refractivity contribution in [2.45, 2.75) is 53.9 Å². The summed E-state index contributed by atoms with van der Waals surface area (Å²) in [6, 6.07) is 0. The molecule has 0 atom stereocenters. The highest BCUT2D eigenvalue weighted by molar-refractivity contribution is 5.37. The van der Waals surface area contributed by atoms with E-state index in [1.54, 1.807) is 0 Å². The third-order valence-corrected chi connectivity index (χ3v) is 4.19. The first-order valence-corrected chi connectivity index (χ1v) is 8.08. The van der Waals surface area contributed by atoms with Crippen molar-refractivity contribution in [2.24, 2.45) is 11.1 Å². The fourth-order valence-corrected chi connectivity index (χ4v) is 2.97. The van der Waals surface area contributed by atoms with Gasteiger partial charge in [0.2, 0.25) is 0 Å². The average Bonchev–Trinajstić information content (AvgIpc) is 2.36. The number of hydrogen-bond acceptors (Lipinski definition) is 1. The lowest BCUT2D eigenvalue weighted by molar-refractivity contribution is 0.377. The molecule has 0 saturated carbocycles. The van der Waals surface area contributed by atoms with Crippen molar-refractivity contribution in [3.63, 3.8) is 0 Å². The molecule has 0 fully saturated rings. The Hall–Kier alpha value is -1.76. The van der Waals surface area contributed by atoms with E-state index in [9.17, 15) is 0 Å². The minimum Gasteiger partial charge on any atom is -0.399 e. The Kier molecular flexibility index (Phi) is 6.67. The number of hydrogen-bond donors (Lipinski definition) is 1. The van der Waals surface area contributed by atoms with Crippen molar-refractivity contribution in [1.82, 2.24) is 0 Å². The molecule has 0 heterocycles. The SMILES string of the molecule is C=C(N)/C=C(C)/C=C/C=C(C)/C=C/C1=C(C)CCCC1(C)C. The normalized spacial score (nSPS) is 20.2. The molecular weight excluding hydrogens is 266 g/mol. The van der Waals surface area contributed by atoms with E-state index in [1.807, 2.05) is 19.1 Å². The Morgan fingerprint density at radius 1 is 1.18 bits per heavy atom. The van der Waals surface area contributed by atoms with Crippen molar-refractivity contribution < 1.29 is 0 Å². The molecule has 2 N–H and O–H groups in total. The maximum Gasteiger partial charge on any atom is 0.0243 e. The fraction of sp³-hybridized carbons (Fsp3) is 0.429. The van der Waals surface area contributed by atoms with Gasteiger partial charge in [-0.2, -0.15) is 0 Å². The highest BCUT2D eigenvalue weighted by Crippen LogP contribution is 2.40. The highest BCUT2D eigenvalue weighted by Gasteiger charge is 2.26. The van der Waals surface area contributed by atoms with Crippen molar-refractivity contribution in [3.8, 4) is 0 Å². The molecule has 22 heavy (non-hydrogen) atoms. The summed E-state index contributed by atoms with van der Waals surface area (Å²) in [6.07, 6.45) is 16.4. The van der Waals surface area contributed by atoms with Crippen molar-refractivity contribution in [1.29, 1.82) is 0 Å². The molecule has 0 amide bonds. The van der Waals surface area contributed by atoms with E-state index in [4.69, 9.17) is 5.73 Å². The summed E-state index contributed by atoms with van der Waals surface area (Å²) < 4.78 is 0. The summed E-state index contributed by atoms with van der Waals surface area (Å²) in [5, 5.41) is 0. The Morgan fingerprint density at radius 3 is 2.45 bits per heavy atom. The van der Waals surface area contributed by atoms with E-state index < -0.39 is 0 Å². The second-order valence-electron chi connectivity index (χ2n) is 7.00. The molecule has 0 aromatic heterocycles. The Balaban J connectivity index is 2.79. The van der Waals surface area contributed by atoms with Crippen LogP contribution in [-0.4, -0.2) is 0 Å². The summed E-state index contributed by atoms with van der Waals surface area (Å²) >= 11 is 0. The molecule has 0 aliphatic heterocycles. The highest BCUT2D eigenvalue weighted by atomic mass is 14.5. The van der Waals surface area contributed by atoms with Crippen LogP contribution in [0.15, 0.2) is 71.0 Å². The first kappa shape index (κ1) is 18.3. The number of rotatable bonds is 5. The molecule has 1 nitrogen and oxygen atoms in total. The molecular formula is C21H31N. The van der Waals surface area contributed by atoms with Gasteiger partial charge in [0.15, 0.2) is 0 Å². The van der Waals surface area contributed by atoms with Gasteiger partial charge < -0.3 is 5.73 Å². The topological polar surface area (TPSA) is 26.0 Å². The van der Waals surface area contributed by atoms with Crippen LogP contribution >= 0.6 is 0 Å². The third kappa shape index (κ3) is 5.93. The van der Waals surface area contributed by atoms with Gasteiger partial charge >= 0.3 is 0 Å². The standard InChI is InChI=1S/C21H31N/c1-16(9-7-10-17(2)15-19(4)22)12-13-20-18(3)11-8-14-21(20,5)6/h7,9-10,12-13,15H,4,8,11,14,22H2,1-3,5-6H3/b10-7+,13-12+,16-9+,17-15+. The second kappa shape index (κ2) is 8.03. The van der Waals surface area contributed by atoms with Gasteiger partial charge in [0, 0.05) is 5.70 Å². The summed E-state index contributed by atoms with van der Waals surface area (Å²) in [5.41, 5.74) is 11.8. The third-order valence-electron chi connectivity index (χ3n) is 4.19. The summed E-state index contributed by atoms with van der Waals surface area (Å²) in [4.78, 5) is 0. The summed E-state index contributed by atoms with van der Waals surface area (Å²) in [5.74, 6) is 0. The predicted molar refractivity (Wildman–Crippen MR) is 99.5 cm³/mol. The molecule has 0 aromatic rings. The summed E-state index contributed by atoms with van der Waals surface area (Å²) in [7, 11) is 0. The van der Waals surface area contributed by atoms with Gasteiger partial charge in [0.05, 0.1) is 0 Å². The first-order valence-electron chi connectivity index (χ1n) is 8.08. The van der Waals surface area contributed by atoms with Gasteiger partial charge in [-0.25, -0.2) is 0 Å². The minimum atomic E-state index is 0.301. The van der Waals surface area contributed by atoms with Crippen LogP contribution in [0.25, 0.3) is 0 Å². The van der Waals surface area contributed by atoms with Crippen molar-refractivity contribution in [2.75, 3.05) is 0 Å². The van der Waals surface area contributed by atoms with Gasteiger partial charge in [0.1, 0.15) is 0 Å². The largest absolute Gasteiger partial charge is 0.399 e. The maximum atomic E-state index is 5.56. The van der Waals surface area contributed by atoms with Gasteiger partial charge in [-0.3, -0.25) is 0 Å². The summed E-state index contributed by atoms with van der Waals surface area (Å²) in [6.45, 7) is 14.8. The lowest BCUT2D eigenvalue weighted by atomic mass is 9.72. The Labute approximate surface area is 136 Å². The van der Waals surface area contributed by atoms with E-state index in [1.165, 1.54) is 36.0 Å². The van der Waals surface area contributed by atoms with E-state index in [0.29, 0.717) is 11.1 Å². The van der Waals surface area contributed by atoms with Crippen LogP contribution < -0.4 is 5.73 Å². The lowest BCUT2D eigenvalue weighted by Crippen LogP contribution is -2.19. The van der Waals surface area contributed by atoms with Crippen molar-refractivity contribution >= 4 is 0 Å². The van der Waals surface area contributed by atoms with Crippen LogP contribution in [0.1, 0.15) is 53.9 Å². The molecule has 1 aliphatic rings. The monoisotopic (exact) mass is 297 g/mol. The van der Waals surface area contributed by atoms with Crippen LogP contribution in [0.3, 0.4) is 0 Å². The first-order chi connectivity index (χ1) is 10.2. The zero-order chi connectivity index (χ0) is 16.8. The molecule has 0 spiro atoms. The van der Waals surface area contributed by atoms with Gasteiger partial charge in [0.25, 0.3) is 0 Å². The molecule has 120 valence electrons. The molecule has 0 saturated heterocycles. The molecule has 1 rings (SSSR count). The van der Waals surface area contributed by atoms with Crippen molar-refractivity contribution in [3.05, 3.63) is 71.0 Å². The molecule has 1 aliphatic carbocycles. The van der Waals surface area contributed by atoms with Crippen LogP contribution in [0.2, 0.25) is 0 Å². The molecule has 0 bridgehead atoms. The van der Waals surface area contributed by atoms with E-state index in [0.717, 1.165) is 5.57 Å². The van der Waals surface area contributed by atoms with Crippen LogP contribution in [0, 0.1) is 5.41 Å². The van der Waals surface area contributed by atoms with Crippen LogP contribution in [0.5, 0.6) is 0 Å². The van der Waals surface area contributed by atoms with Crippen LogP contribution in [0.4, 0.5) is 0 Å². The zero-order valence-corrected chi connectivity index (χ0v) is 14.9. The average molecular weight is 297 g/mol. The molecule has 0 radical (unpaired) electrons. The fourth-order valence-electron chi connectivity index (χ4n) is 2.97. The van der Waals surface area contributed by atoms with Gasteiger partial charge in [-0.05, 0) is 62.7 Å². The molecule has 0 aromatic carbocycles. The predicted octanol–water partition coefficient (Wildman–Crippen LogP) is 5.99. The minimum absolute atomic E-state index is 0.301. The molecule has 0 unspecified atom stereocenters. The van der Waals surface area contributed by atoms with Gasteiger partial charge in [-0.15, -0.1) is 0 Å². The van der Waals surface area contributed by atoms with Gasteiger partial charge in [-0.1, -0.05) is 62.0 Å². The zero-order valence-electron chi connectivity index (χ0n) is 14.9.